The number of thioether (sulfide) groups is 2. The number of rotatable bonds is 10. The van der Waals surface area contributed by atoms with Crippen molar-refractivity contribution in [2.75, 3.05) is 17.2 Å². The third kappa shape index (κ3) is 6.28. The molecule has 236 valence electrons. The number of nitrogens with zero attached hydrogens (tertiary/aromatic N) is 3. The predicted molar refractivity (Wildman–Crippen MR) is 168 cm³/mol. The van der Waals surface area contributed by atoms with E-state index in [1.165, 1.54) is 72.3 Å². The van der Waals surface area contributed by atoms with Gasteiger partial charge in [0.15, 0.2) is 27.8 Å². The first-order chi connectivity index (χ1) is 21.2. The first-order valence-electron chi connectivity index (χ1n) is 12.7. The van der Waals surface area contributed by atoms with Crippen LogP contribution in [0, 0.1) is 0 Å². The summed E-state index contributed by atoms with van der Waals surface area (Å²) >= 11 is 4.59. The highest BCUT2D eigenvalue weighted by atomic mass is 32.2. The quantitative estimate of drug-likeness (QED) is 0.0584. The molecule has 0 radical (unpaired) electrons. The molecule has 0 bridgehead atoms. The van der Waals surface area contributed by atoms with E-state index in [0.29, 0.717) is 14.5 Å². The van der Waals surface area contributed by atoms with Crippen LogP contribution in [0.2, 0.25) is 0 Å². The van der Waals surface area contributed by atoms with Crippen molar-refractivity contribution in [2.45, 2.75) is 35.1 Å². The Morgan fingerprint density at radius 2 is 1.91 bits per heavy atom. The fraction of sp³-hybridized carbons (Fsp3) is 0.269. The fourth-order valence-corrected chi connectivity index (χ4v) is 8.46. The topological polar surface area (TPSA) is 242 Å². The van der Waals surface area contributed by atoms with Crippen molar-refractivity contribution in [3.63, 3.8) is 0 Å². The molecule has 45 heavy (non-hydrogen) atoms. The van der Waals surface area contributed by atoms with Crippen LogP contribution in [-0.2, 0) is 24.0 Å². The van der Waals surface area contributed by atoms with E-state index >= 15 is 0 Å². The number of carboxylic acids is 2. The second-order valence-corrected chi connectivity index (χ2v) is 14.4. The number of benzene rings is 1. The second-order valence-electron chi connectivity index (χ2n) is 10.1. The van der Waals surface area contributed by atoms with Gasteiger partial charge in [0.05, 0.1) is 4.21 Å². The molecule has 0 saturated carbocycles. The zero-order valence-electron chi connectivity index (χ0n) is 23.2. The van der Waals surface area contributed by atoms with Crippen LogP contribution in [0.1, 0.15) is 19.5 Å². The zero-order chi connectivity index (χ0) is 32.8. The van der Waals surface area contributed by atoms with E-state index in [-0.39, 0.29) is 44.6 Å². The van der Waals surface area contributed by atoms with Crippen LogP contribution in [0.4, 0.5) is 5.13 Å². The number of phenols is 2. The molecule has 0 spiro atoms. The first kappa shape index (κ1) is 32.1. The summed E-state index contributed by atoms with van der Waals surface area (Å²) in [6.07, 6.45) is 0. The Morgan fingerprint density at radius 1 is 1.20 bits per heavy atom. The number of anilines is 1. The number of thiazole rings is 1. The van der Waals surface area contributed by atoms with Crippen LogP contribution in [0.5, 0.6) is 11.5 Å². The lowest BCUT2D eigenvalue weighted by Gasteiger charge is -2.49. The molecule has 2 aliphatic rings. The number of hydrogen-bond donors (Lipinski definition) is 6. The number of nitrogens with two attached hydrogens (primary N) is 1. The largest absolute Gasteiger partial charge is 0.504 e. The first-order valence-corrected chi connectivity index (χ1v) is 16.5. The number of amides is 2. The van der Waals surface area contributed by atoms with Gasteiger partial charge in [-0.25, -0.2) is 14.6 Å². The van der Waals surface area contributed by atoms with Gasteiger partial charge in [-0.2, -0.15) is 0 Å². The molecule has 1 fully saturated rings. The minimum atomic E-state index is -1.79. The molecule has 15 nitrogen and oxygen atoms in total. The normalized spacial score (nSPS) is 18.4. The standard InChI is InChI=1S/C26H23N5O10S4/c1-26(2,24(39)40)41-30-17(11-8-44-25(27)28-11)20(35)29-18-21(36)31-19(23(37)38)9(7-43-22(18)31)6-42-16-5-12(32)10-3-13(33)14(34)4-15(10)45-16/h3-5,8,18,22,33-34H,6-7H2,1-2H3,(H2,27,28)(H,29,35)(H,37,38)(H,39,40)/b30-17-/t18-,22-/m1/s1. The molecule has 0 aliphatic carbocycles. The van der Waals surface area contributed by atoms with E-state index in [4.69, 9.17) is 10.6 Å². The van der Waals surface area contributed by atoms with Gasteiger partial charge in [0.25, 0.3) is 11.8 Å². The summed E-state index contributed by atoms with van der Waals surface area (Å²) in [4.78, 5) is 73.0. The molecule has 1 aromatic carbocycles. The highest BCUT2D eigenvalue weighted by molar-refractivity contribution is 8.02. The summed E-state index contributed by atoms with van der Waals surface area (Å²) in [5, 5.41) is 46.1. The van der Waals surface area contributed by atoms with Crippen molar-refractivity contribution in [1.29, 1.82) is 0 Å². The number of nitrogen functional groups attached to an aromatic ring is 1. The smallest absolute Gasteiger partial charge is 0.352 e. The minimum Gasteiger partial charge on any atom is -0.504 e. The van der Waals surface area contributed by atoms with Crippen LogP contribution in [0.25, 0.3) is 10.1 Å². The maximum absolute atomic E-state index is 13.3. The van der Waals surface area contributed by atoms with E-state index in [1.807, 2.05) is 0 Å². The number of carbonyl (C=O) groups excluding carboxylic acids is 2. The lowest BCUT2D eigenvalue weighted by molar-refractivity contribution is -0.161. The Bertz CT molecular complexity index is 1880. The molecule has 4 heterocycles. The predicted octanol–water partition coefficient (Wildman–Crippen LogP) is 1.83. The van der Waals surface area contributed by atoms with Crippen molar-refractivity contribution >= 4 is 90.9 Å². The molecule has 2 atom stereocenters. The van der Waals surface area contributed by atoms with Gasteiger partial charge in [-0.1, -0.05) is 5.16 Å². The second kappa shape index (κ2) is 12.2. The van der Waals surface area contributed by atoms with Gasteiger partial charge < -0.3 is 36.3 Å². The lowest BCUT2D eigenvalue weighted by Crippen LogP contribution is -2.71. The molecular weight excluding hydrogens is 671 g/mol. The van der Waals surface area contributed by atoms with E-state index in [9.17, 15) is 44.4 Å². The van der Waals surface area contributed by atoms with Crippen molar-refractivity contribution in [3.8, 4) is 11.5 Å². The SMILES string of the molecule is CC(C)(O/N=C(\C(=O)N[C@@H]1C(=O)N2C(C(=O)O)=C(CSc3cc(=O)c4cc(O)c(O)cc4s3)CS[C@H]12)c1csc(N)n1)C(=O)O. The molecule has 2 aromatic heterocycles. The minimum absolute atomic E-state index is 0.00967. The third-order valence-corrected chi connectivity index (χ3v) is 11.0. The number of carbonyl (C=O) groups is 4. The molecule has 2 amide bonds. The third-order valence-electron chi connectivity index (χ3n) is 6.59. The van der Waals surface area contributed by atoms with Crippen molar-refractivity contribution < 1.29 is 44.4 Å². The van der Waals surface area contributed by atoms with Gasteiger partial charge in [0, 0.05) is 39.1 Å². The van der Waals surface area contributed by atoms with E-state index < -0.39 is 52.2 Å². The van der Waals surface area contributed by atoms with Crippen LogP contribution in [0.15, 0.2) is 49.0 Å². The molecule has 19 heteroatoms. The summed E-state index contributed by atoms with van der Waals surface area (Å²) < 4.78 is 0.965. The molecule has 1 saturated heterocycles. The van der Waals surface area contributed by atoms with Crippen molar-refractivity contribution in [1.82, 2.24) is 15.2 Å². The molecule has 0 unspecified atom stereocenters. The van der Waals surface area contributed by atoms with Crippen LogP contribution >= 0.6 is 46.2 Å². The monoisotopic (exact) mass is 693 g/mol. The summed E-state index contributed by atoms with van der Waals surface area (Å²) in [5.41, 5.74) is 3.26. The number of carboxylic acid groups (broad SMARTS) is 2. The van der Waals surface area contributed by atoms with Gasteiger partial charge in [-0.15, -0.1) is 46.2 Å². The summed E-state index contributed by atoms with van der Waals surface area (Å²) in [6.45, 7) is 2.45. The van der Waals surface area contributed by atoms with Crippen LogP contribution in [0.3, 0.4) is 0 Å². The molecule has 5 rings (SSSR count). The number of fused-ring (bicyclic) bond motifs is 2. The number of aromatic nitrogens is 1. The maximum atomic E-state index is 13.3. The average Bonchev–Trinajstić information content (AvgIpc) is 3.40. The number of nitrogens with one attached hydrogen (secondary N) is 1. The van der Waals surface area contributed by atoms with E-state index in [1.54, 1.807) is 0 Å². The number of aromatic hydroxyl groups is 2. The number of phenolic OH excluding ortho intramolecular Hbond substituents is 2. The van der Waals surface area contributed by atoms with Crippen molar-refractivity contribution in [2.24, 2.45) is 5.16 Å². The van der Waals surface area contributed by atoms with Gasteiger partial charge >= 0.3 is 11.9 Å². The van der Waals surface area contributed by atoms with Crippen LogP contribution < -0.4 is 16.5 Å². The summed E-state index contributed by atoms with van der Waals surface area (Å²) in [5.74, 6) is -4.75. The maximum Gasteiger partial charge on any atom is 0.352 e. The number of hydrogen-bond acceptors (Lipinski definition) is 15. The Morgan fingerprint density at radius 3 is 2.56 bits per heavy atom. The highest BCUT2D eigenvalue weighted by Gasteiger charge is 2.54. The Hall–Kier alpha value is -4.33. The Balaban J connectivity index is 1.34. The van der Waals surface area contributed by atoms with Gasteiger partial charge in [-0.3, -0.25) is 19.3 Å². The summed E-state index contributed by atoms with van der Waals surface area (Å²) in [7, 11) is 0. The molecule has 7 N–H and O–H groups in total. The van der Waals surface area contributed by atoms with E-state index in [2.05, 4.69) is 15.5 Å². The molecule has 2 aliphatic heterocycles. The zero-order valence-corrected chi connectivity index (χ0v) is 26.4. The highest BCUT2D eigenvalue weighted by Crippen LogP contribution is 2.42. The Kier molecular flexibility index (Phi) is 8.71. The molecular formula is C26H23N5O10S4. The van der Waals surface area contributed by atoms with E-state index in [0.717, 1.165) is 16.2 Å². The number of oxime groups is 1. The number of aliphatic carboxylic acids is 2. The van der Waals surface area contributed by atoms with Crippen molar-refractivity contribution in [3.05, 3.63) is 50.8 Å². The van der Waals surface area contributed by atoms with Gasteiger partial charge in [-0.05, 0) is 25.5 Å². The lowest BCUT2D eigenvalue weighted by atomic mass is 10.0. The number of β-lactam (4-membered cyclic amide) rings is 1. The summed E-state index contributed by atoms with van der Waals surface area (Å²) in [6, 6.07) is 2.67. The van der Waals surface area contributed by atoms with Crippen LogP contribution in [-0.4, -0.2) is 88.3 Å². The average molecular weight is 694 g/mol. The van der Waals surface area contributed by atoms with Gasteiger partial charge in [0.2, 0.25) is 5.60 Å². The van der Waals surface area contributed by atoms with Gasteiger partial charge in [0.1, 0.15) is 22.8 Å². The fourth-order valence-electron chi connectivity index (χ4n) is 4.19. The Labute approximate surface area is 269 Å². The molecule has 3 aromatic rings.